The second-order valence-corrected chi connectivity index (χ2v) is 2.87. The molecule has 0 saturated heterocycles. The SMILES string of the molecule is CC(=O)OC1CCCCC1.[KH]. The number of carbonyl (C=O) groups excluding carboxylic acids is 1. The predicted octanol–water partition coefficient (Wildman–Crippen LogP) is 1.23. The summed E-state index contributed by atoms with van der Waals surface area (Å²) < 4.78 is 5.05. The predicted molar refractivity (Wildman–Crippen MR) is 45.8 cm³/mol. The van der Waals surface area contributed by atoms with Crippen molar-refractivity contribution < 1.29 is 9.53 Å². The van der Waals surface area contributed by atoms with Crippen LogP contribution in [0.15, 0.2) is 0 Å². The third-order valence-electron chi connectivity index (χ3n) is 1.88. The van der Waals surface area contributed by atoms with Crippen molar-refractivity contribution in [2.45, 2.75) is 45.1 Å². The molecule has 11 heavy (non-hydrogen) atoms. The molecule has 0 amide bonds. The normalized spacial score (nSPS) is 18.6. The molecule has 0 radical (unpaired) electrons. The van der Waals surface area contributed by atoms with Crippen molar-refractivity contribution in [3.63, 3.8) is 0 Å². The van der Waals surface area contributed by atoms with Gasteiger partial charge in [0.25, 0.3) is 0 Å². The molecule has 2 nitrogen and oxygen atoms in total. The van der Waals surface area contributed by atoms with Gasteiger partial charge in [0.1, 0.15) is 6.10 Å². The Morgan fingerprint density at radius 3 is 2.27 bits per heavy atom. The fourth-order valence-corrected chi connectivity index (χ4v) is 1.42. The molecule has 1 rings (SSSR count). The molecule has 0 heterocycles. The number of rotatable bonds is 1. The van der Waals surface area contributed by atoms with E-state index in [9.17, 15) is 4.79 Å². The maximum atomic E-state index is 10.5. The second-order valence-electron chi connectivity index (χ2n) is 2.87. The topological polar surface area (TPSA) is 26.3 Å². The van der Waals surface area contributed by atoms with Crippen molar-refractivity contribution in [2.24, 2.45) is 0 Å². The molecule has 0 bridgehead atoms. The molecule has 0 N–H and O–H groups in total. The van der Waals surface area contributed by atoms with Crippen LogP contribution in [0, 0.1) is 0 Å². The first-order chi connectivity index (χ1) is 4.79. The molecule has 60 valence electrons. The van der Waals surface area contributed by atoms with E-state index < -0.39 is 0 Å². The molecule has 0 aromatic rings. The molecule has 1 saturated carbocycles. The van der Waals surface area contributed by atoms with E-state index in [1.165, 1.54) is 26.2 Å². The van der Waals surface area contributed by atoms with Crippen LogP contribution in [-0.2, 0) is 9.53 Å². The summed E-state index contributed by atoms with van der Waals surface area (Å²) in [7, 11) is 0. The van der Waals surface area contributed by atoms with Gasteiger partial charge in [-0.2, -0.15) is 0 Å². The Balaban J connectivity index is 0.000001000. The average molecular weight is 182 g/mol. The Kier molecular flexibility index (Phi) is 7.27. The molecule has 0 aliphatic heterocycles. The molecule has 0 atom stereocenters. The van der Waals surface area contributed by atoms with Crippen LogP contribution in [0.1, 0.15) is 39.0 Å². The summed E-state index contributed by atoms with van der Waals surface area (Å²) in [5, 5.41) is 0. The number of carbonyl (C=O) groups is 1. The summed E-state index contributed by atoms with van der Waals surface area (Å²) in [6.45, 7) is 1.48. The van der Waals surface area contributed by atoms with Gasteiger partial charge in [0.15, 0.2) is 0 Å². The van der Waals surface area contributed by atoms with E-state index in [2.05, 4.69) is 0 Å². The van der Waals surface area contributed by atoms with Gasteiger partial charge in [-0.1, -0.05) is 6.42 Å². The molecule has 0 aromatic heterocycles. The maximum absolute atomic E-state index is 10.5. The Bertz CT molecular complexity index is 119. The molecule has 1 fully saturated rings. The standard InChI is InChI=1S/C8H14O2.K.H/c1-7(9)10-8-5-3-2-4-6-8;;/h8H,2-6H2,1H3;;. The zero-order chi connectivity index (χ0) is 7.40. The van der Waals surface area contributed by atoms with Crippen molar-refractivity contribution in [3.05, 3.63) is 0 Å². The van der Waals surface area contributed by atoms with Crippen molar-refractivity contribution in [2.75, 3.05) is 0 Å². The molecule has 1 aliphatic rings. The summed E-state index contributed by atoms with van der Waals surface area (Å²) in [5.74, 6) is -0.132. The van der Waals surface area contributed by atoms with Crippen LogP contribution in [-0.4, -0.2) is 63.5 Å². The number of hydrogen-bond acceptors (Lipinski definition) is 2. The summed E-state index contributed by atoms with van der Waals surface area (Å²) in [6.07, 6.45) is 6.11. The van der Waals surface area contributed by atoms with Crippen LogP contribution in [0.5, 0.6) is 0 Å². The Labute approximate surface area is 110 Å². The van der Waals surface area contributed by atoms with Gasteiger partial charge >= 0.3 is 57.4 Å². The van der Waals surface area contributed by atoms with E-state index in [-0.39, 0.29) is 63.5 Å². The first kappa shape index (κ1) is 12.1. The van der Waals surface area contributed by atoms with Crippen LogP contribution >= 0.6 is 0 Å². The second kappa shape index (κ2) is 6.60. The van der Waals surface area contributed by atoms with Gasteiger partial charge < -0.3 is 4.74 Å². The zero-order valence-corrected chi connectivity index (χ0v) is 6.43. The van der Waals surface area contributed by atoms with Gasteiger partial charge in [-0.25, -0.2) is 0 Å². The number of ether oxygens (including phenoxy) is 1. The minimum atomic E-state index is -0.132. The molecular formula is C8H15KO2. The zero-order valence-electron chi connectivity index (χ0n) is 6.43. The van der Waals surface area contributed by atoms with Gasteiger partial charge in [0.2, 0.25) is 0 Å². The van der Waals surface area contributed by atoms with Crippen LogP contribution < -0.4 is 0 Å². The number of esters is 1. The van der Waals surface area contributed by atoms with Crippen molar-refractivity contribution >= 4 is 57.4 Å². The van der Waals surface area contributed by atoms with Crippen LogP contribution in [0.3, 0.4) is 0 Å². The quantitative estimate of drug-likeness (QED) is 0.450. The molecule has 0 spiro atoms. The minimum absolute atomic E-state index is 0. The van der Waals surface area contributed by atoms with Crippen LogP contribution in [0.2, 0.25) is 0 Å². The van der Waals surface area contributed by atoms with Crippen molar-refractivity contribution in [3.8, 4) is 0 Å². The summed E-state index contributed by atoms with van der Waals surface area (Å²) in [5.41, 5.74) is 0. The Morgan fingerprint density at radius 1 is 1.27 bits per heavy atom. The van der Waals surface area contributed by atoms with E-state index in [0.717, 1.165) is 12.8 Å². The molecule has 1 aliphatic carbocycles. The van der Waals surface area contributed by atoms with Crippen LogP contribution in [0.4, 0.5) is 0 Å². The van der Waals surface area contributed by atoms with E-state index >= 15 is 0 Å². The first-order valence-corrected chi connectivity index (χ1v) is 3.96. The van der Waals surface area contributed by atoms with Crippen molar-refractivity contribution in [1.29, 1.82) is 0 Å². The van der Waals surface area contributed by atoms with Gasteiger partial charge in [0, 0.05) is 6.92 Å². The first-order valence-electron chi connectivity index (χ1n) is 3.96. The van der Waals surface area contributed by atoms with E-state index in [1.54, 1.807) is 0 Å². The van der Waals surface area contributed by atoms with E-state index in [0.29, 0.717) is 0 Å². The molecule has 0 unspecified atom stereocenters. The molecular weight excluding hydrogens is 167 g/mol. The summed E-state index contributed by atoms with van der Waals surface area (Å²) >= 11 is 0. The fraction of sp³-hybridized carbons (Fsp3) is 0.875. The fourth-order valence-electron chi connectivity index (χ4n) is 1.42. The van der Waals surface area contributed by atoms with Gasteiger partial charge in [-0.15, -0.1) is 0 Å². The third kappa shape index (κ3) is 5.36. The monoisotopic (exact) mass is 182 g/mol. The van der Waals surface area contributed by atoms with Crippen molar-refractivity contribution in [1.82, 2.24) is 0 Å². The van der Waals surface area contributed by atoms with Gasteiger partial charge in [-0.05, 0) is 25.7 Å². The molecule has 0 aromatic carbocycles. The van der Waals surface area contributed by atoms with Gasteiger partial charge in [-0.3, -0.25) is 4.79 Å². The Hall–Kier alpha value is 1.11. The number of hydrogen-bond donors (Lipinski definition) is 0. The van der Waals surface area contributed by atoms with E-state index in [4.69, 9.17) is 4.74 Å². The van der Waals surface area contributed by atoms with E-state index in [1.807, 2.05) is 0 Å². The van der Waals surface area contributed by atoms with Gasteiger partial charge in [0.05, 0.1) is 0 Å². The summed E-state index contributed by atoms with van der Waals surface area (Å²) in [6, 6.07) is 0. The third-order valence-corrected chi connectivity index (χ3v) is 1.88. The molecule has 3 heteroatoms. The van der Waals surface area contributed by atoms with Crippen LogP contribution in [0.25, 0.3) is 0 Å². The average Bonchev–Trinajstić information content (AvgIpc) is 1.88. The Morgan fingerprint density at radius 2 is 1.82 bits per heavy atom. The summed E-state index contributed by atoms with van der Waals surface area (Å²) in [4.78, 5) is 10.5.